The maximum Gasteiger partial charge on any atom is 0.329 e. The fourth-order valence-electron chi connectivity index (χ4n) is 3.49. The average molecular weight is 466 g/mol. The molecule has 0 fully saturated rings. The van der Waals surface area contributed by atoms with Crippen LogP contribution in [0.2, 0.25) is 0 Å². The van der Waals surface area contributed by atoms with Gasteiger partial charge >= 0.3 is 5.97 Å². The Kier molecular flexibility index (Phi) is 8.03. The highest BCUT2D eigenvalue weighted by molar-refractivity contribution is 7.41. The van der Waals surface area contributed by atoms with Crippen molar-refractivity contribution in [1.29, 1.82) is 0 Å². The summed E-state index contributed by atoms with van der Waals surface area (Å²) in [6.45, 7) is 12.7. The van der Waals surface area contributed by atoms with Crippen LogP contribution in [0.5, 0.6) is 5.75 Å². The summed E-state index contributed by atoms with van der Waals surface area (Å²) in [4.78, 5) is 27.9. The number of nitrogens with zero attached hydrogens (tertiary/aromatic N) is 1. The van der Waals surface area contributed by atoms with Gasteiger partial charge in [-0.05, 0) is 43.0 Å². The minimum Gasteiger partial charge on any atom is -0.423 e. The molecule has 0 saturated carbocycles. The van der Waals surface area contributed by atoms with Gasteiger partial charge in [0.05, 0.1) is 11.8 Å². The molecule has 1 heterocycles. The van der Waals surface area contributed by atoms with E-state index >= 15 is 0 Å². The smallest absolute Gasteiger partial charge is 0.329 e. The van der Waals surface area contributed by atoms with E-state index in [2.05, 4.69) is 0 Å². The molecule has 2 aromatic rings. The number of aliphatic hydroxyl groups is 1. The summed E-state index contributed by atoms with van der Waals surface area (Å²) in [5.74, 6) is -1.39. The van der Waals surface area contributed by atoms with Gasteiger partial charge in [-0.3, -0.25) is 14.3 Å². The maximum absolute atomic E-state index is 13.6. The SMILES string of the molecule is CCC(C(=O)Oc1c(-c2ccc(F)cc2)cc(C(C)(C)C)nc1C(C)C)(C(C)O)[PH](=O)O. The first-order chi connectivity index (χ1) is 14.7. The maximum atomic E-state index is 13.6. The number of rotatable bonds is 7. The molecule has 32 heavy (non-hydrogen) atoms. The highest BCUT2D eigenvalue weighted by Gasteiger charge is 2.49. The number of carbonyl (C=O) groups excluding carboxylic acids is 1. The Morgan fingerprint density at radius 1 is 1.19 bits per heavy atom. The number of pyridine rings is 1. The number of hydrogen-bond donors (Lipinski definition) is 2. The number of benzene rings is 1. The normalized spacial score (nSPS) is 15.8. The zero-order valence-corrected chi connectivity index (χ0v) is 20.7. The largest absolute Gasteiger partial charge is 0.423 e. The van der Waals surface area contributed by atoms with Gasteiger partial charge in [-0.15, -0.1) is 0 Å². The number of aliphatic hydroxyl groups excluding tert-OH is 1. The molecule has 0 saturated heterocycles. The topological polar surface area (TPSA) is 96.7 Å². The number of carbonyl (C=O) groups is 1. The zero-order valence-electron chi connectivity index (χ0n) is 19.7. The third-order valence-electron chi connectivity index (χ3n) is 5.68. The lowest BCUT2D eigenvalue weighted by Crippen LogP contribution is -2.47. The molecule has 1 aromatic heterocycles. The Labute approximate surface area is 189 Å². The molecule has 0 bridgehead atoms. The van der Waals surface area contributed by atoms with Crippen LogP contribution in [-0.4, -0.2) is 32.2 Å². The summed E-state index contributed by atoms with van der Waals surface area (Å²) < 4.78 is 31.6. The minimum atomic E-state index is -3.49. The third kappa shape index (κ3) is 5.11. The second kappa shape index (κ2) is 9.82. The van der Waals surface area contributed by atoms with Crippen LogP contribution in [0.1, 0.15) is 72.2 Å². The standard InChI is InChI=1S/C24H33FNO5P/c1-8-24(15(4)27,32(29)30)22(28)31-21-18(16-9-11-17(25)12-10-16)13-19(23(5,6)7)26-20(21)14(2)3/h9-15,27,32H,8H2,1-7H3,(H,29,30). The van der Waals surface area contributed by atoms with E-state index in [0.29, 0.717) is 16.8 Å². The fourth-order valence-corrected chi connectivity index (χ4v) is 4.38. The first-order valence-corrected chi connectivity index (χ1v) is 12.1. The van der Waals surface area contributed by atoms with Gasteiger partial charge in [-0.2, -0.15) is 0 Å². The number of ether oxygens (including phenoxy) is 1. The minimum absolute atomic E-state index is 0.0752. The van der Waals surface area contributed by atoms with E-state index in [0.717, 1.165) is 5.69 Å². The number of halogens is 1. The Hall–Kier alpha value is -2.08. The zero-order chi connectivity index (χ0) is 24.4. The molecule has 3 atom stereocenters. The first-order valence-electron chi connectivity index (χ1n) is 10.7. The molecular weight excluding hydrogens is 432 g/mol. The average Bonchev–Trinajstić information content (AvgIpc) is 2.68. The van der Waals surface area contributed by atoms with E-state index in [9.17, 15) is 23.7 Å². The number of hydrogen-bond acceptors (Lipinski definition) is 5. The van der Waals surface area contributed by atoms with Crippen LogP contribution in [0.15, 0.2) is 30.3 Å². The lowest BCUT2D eigenvalue weighted by atomic mass is 9.88. The lowest BCUT2D eigenvalue weighted by molar-refractivity contribution is -0.140. The Balaban J connectivity index is 2.81. The predicted octanol–water partition coefficient (Wildman–Crippen LogP) is 5.21. The van der Waals surface area contributed by atoms with Crippen LogP contribution < -0.4 is 4.74 Å². The van der Waals surface area contributed by atoms with Gasteiger partial charge in [0.25, 0.3) is 0 Å². The molecule has 0 radical (unpaired) electrons. The first kappa shape index (κ1) is 26.2. The summed E-state index contributed by atoms with van der Waals surface area (Å²) in [6.07, 6.45) is -1.47. The van der Waals surface area contributed by atoms with Crippen molar-refractivity contribution in [3.8, 4) is 16.9 Å². The molecule has 2 rings (SSSR count). The van der Waals surface area contributed by atoms with Gasteiger partial charge in [-0.1, -0.05) is 53.7 Å². The van der Waals surface area contributed by atoms with Gasteiger partial charge in [0.2, 0.25) is 8.03 Å². The molecular formula is C24H33FNO5P. The molecule has 6 nitrogen and oxygen atoms in total. The van der Waals surface area contributed by atoms with Gasteiger partial charge < -0.3 is 14.7 Å². The Bertz CT molecular complexity index is 999. The van der Waals surface area contributed by atoms with Crippen LogP contribution >= 0.6 is 8.03 Å². The quantitative estimate of drug-likeness (QED) is 0.430. The van der Waals surface area contributed by atoms with Crippen LogP contribution in [0.25, 0.3) is 11.1 Å². The molecule has 0 amide bonds. The van der Waals surface area contributed by atoms with E-state index < -0.39 is 31.1 Å². The van der Waals surface area contributed by atoms with Crippen molar-refractivity contribution in [1.82, 2.24) is 4.98 Å². The summed E-state index contributed by atoms with van der Waals surface area (Å²) in [5, 5.41) is 8.29. The highest BCUT2D eigenvalue weighted by atomic mass is 31.1. The van der Waals surface area contributed by atoms with Crippen molar-refractivity contribution in [3.05, 3.63) is 47.5 Å². The van der Waals surface area contributed by atoms with E-state index in [4.69, 9.17) is 9.72 Å². The van der Waals surface area contributed by atoms with E-state index in [1.165, 1.54) is 19.1 Å². The van der Waals surface area contributed by atoms with Crippen molar-refractivity contribution < 1.29 is 28.5 Å². The molecule has 0 aliphatic carbocycles. The van der Waals surface area contributed by atoms with E-state index in [1.807, 2.05) is 34.6 Å². The second-order valence-electron chi connectivity index (χ2n) is 9.38. The van der Waals surface area contributed by atoms with Crippen molar-refractivity contribution in [3.63, 3.8) is 0 Å². The summed E-state index contributed by atoms with van der Waals surface area (Å²) in [5.41, 5.74) is 2.07. The van der Waals surface area contributed by atoms with Crippen molar-refractivity contribution in [2.45, 2.75) is 77.5 Å². The molecule has 0 spiro atoms. The molecule has 3 unspecified atom stereocenters. The Morgan fingerprint density at radius 2 is 1.75 bits per heavy atom. The van der Waals surface area contributed by atoms with Crippen LogP contribution in [0.4, 0.5) is 4.39 Å². The van der Waals surface area contributed by atoms with Crippen LogP contribution in [0.3, 0.4) is 0 Å². The van der Waals surface area contributed by atoms with Crippen LogP contribution in [-0.2, 0) is 14.8 Å². The summed E-state index contributed by atoms with van der Waals surface area (Å²) in [6, 6.07) is 7.57. The van der Waals surface area contributed by atoms with E-state index in [1.54, 1.807) is 25.1 Å². The second-order valence-corrected chi connectivity index (χ2v) is 10.9. The van der Waals surface area contributed by atoms with Crippen LogP contribution in [0, 0.1) is 5.82 Å². The predicted molar refractivity (Wildman–Crippen MR) is 124 cm³/mol. The van der Waals surface area contributed by atoms with Gasteiger partial charge in [0.1, 0.15) is 5.82 Å². The van der Waals surface area contributed by atoms with Crippen molar-refractivity contribution in [2.75, 3.05) is 0 Å². The molecule has 2 N–H and O–H groups in total. The van der Waals surface area contributed by atoms with Crippen molar-refractivity contribution >= 4 is 14.0 Å². The highest BCUT2D eigenvalue weighted by Crippen LogP contribution is 2.45. The monoisotopic (exact) mass is 465 g/mol. The van der Waals surface area contributed by atoms with Gasteiger partial charge in [0.15, 0.2) is 10.9 Å². The molecule has 0 aliphatic heterocycles. The van der Waals surface area contributed by atoms with Gasteiger partial charge in [-0.25, -0.2) is 4.39 Å². The third-order valence-corrected chi connectivity index (χ3v) is 7.42. The number of aromatic nitrogens is 1. The fraction of sp³-hybridized carbons (Fsp3) is 0.500. The lowest BCUT2D eigenvalue weighted by Gasteiger charge is -2.31. The van der Waals surface area contributed by atoms with Gasteiger partial charge in [0, 0.05) is 16.7 Å². The molecule has 176 valence electrons. The number of esters is 1. The Morgan fingerprint density at radius 3 is 2.16 bits per heavy atom. The molecule has 0 aliphatic rings. The van der Waals surface area contributed by atoms with Crippen molar-refractivity contribution in [2.24, 2.45) is 0 Å². The van der Waals surface area contributed by atoms with E-state index in [-0.39, 0.29) is 23.5 Å². The summed E-state index contributed by atoms with van der Waals surface area (Å²) in [7, 11) is -3.49. The molecule has 8 heteroatoms. The molecule has 1 aromatic carbocycles. The summed E-state index contributed by atoms with van der Waals surface area (Å²) >= 11 is 0.